The maximum absolute atomic E-state index is 13.1. The van der Waals surface area contributed by atoms with Crippen molar-refractivity contribution in [2.24, 2.45) is 0 Å². The van der Waals surface area contributed by atoms with Gasteiger partial charge in [0.15, 0.2) is 0 Å². The third-order valence-electron chi connectivity index (χ3n) is 3.33. The molecule has 0 saturated heterocycles. The van der Waals surface area contributed by atoms with Crippen molar-refractivity contribution in [2.75, 3.05) is 16.9 Å². The highest BCUT2D eigenvalue weighted by Gasteiger charge is 2.37. The first-order chi connectivity index (χ1) is 9.98. The van der Waals surface area contributed by atoms with Gasteiger partial charge in [-0.3, -0.25) is 9.69 Å². The quantitative estimate of drug-likeness (QED) is 0.868. The molecule has 1 aliphatic heterocycles. The van der Waals surface area contributed by atoms with Gasteiger partial charge >= 0.3 is 6.18 Å². The summed E-state index contributed by atoms with van der Waals surface area (Å²) in [6.45, 7) is 0.00292. The van der Waals surface area contributed by atoms with Gasteiger partial charge < -0.3 is 5.32 Å². The lowest BCUT2D eigenvalue weighted by molar-refractivity contribution is -0.137. The highest BCUT2D eigenvalue weighted by atomic mass is 19.4. The summed E-state index contributed by atoms with van der Waals surface area (Å²) in [6, 6.07) is 11.8. The largest absolute Gasteiger partial charge is 0.418 e. The first-order valence-corrected chi connectivity index (χ1v) is 6.29. The van der Waals surface area contributed by atoms with Crippen LogP contribution >= 0.6 is 0 Å². The Hall–Kier alpha value is -2.50. The van der Waals surface area contributed by atoms with Crippen molar-refractivity contribution in [3.05, 3.63) is 59.7 Å². The van der Waals surface area contributed by atoms with Gasteiger partial charge in [-0.1, -0.05) is 24.3 Å². The maximum Gasteiger partial charge on any atom is 0.418 e. The fraction of sp³-hybridized carbons (Fsp3) is 0.133. The van der Waals surface area contributed by atoms with Gasteiger partial charge in [0.1, 0.15) is 0 Å². The fourth-order valence-corrected chi connectivity index (χ4v) is 2.35. The van der Waals surface area contributed by atoms with Crippen LogP contribution in [0.3, 0.4) is 0 Å². The van der Waals surface area contributed by atoms with Crippen LogP contribution in [0.1, 0.15) is 15.9 Å². The average Bonchev–Trinajstić information content (AvgIpc) is 2.47. The fourth-order valence-electron chi connectivity index (χ4n) is 2.35. The zero-order valence-electron chi connectivity index (χ0n) is 10.8. The Morgan fingerprint density at radius 2 is 1.67 bits per heavy atom. The first kappa shape index (κ1) is 13.5. The maximum atomic E-state index is 13.1. The van der Waals surface area contributed by atoms with Crippen LogP contribution in [0.2, 0.25) is 0 Å². The summed E-state index contributed by atoms with van der Waals surface area (Å²) in [7, 11) is 0. The first-order valence-electron chi connectivity index (χ1n) is 6.29. The van der Waals surface area contributed by atoms with Crippen molar-refractivity contribution in [1.29, 1.82) is 0 Å². The highest BCUT2D eigenvalue weighted by molar-refractivity contribution is 6.11. The number of anilines is 2. The van der Waals surface area contributed by atoms with E-state index in [1.165, 1.54) is 18.2 Å². The van der Waals surface area contributed by atoms with Crippen molar-refractivity contribution in [2.45, 2.75) is 6.18 Å². The number of fused-ring (bicyclic) bond motifs is 1. The van der Waals surface area contributed by atoms with Gasteiger partial charge in [-0.2, -0.15) is 13.2 Å². The number of rotatable bonds is 1. The number of amides is 1. The standard InChI is InChI=1S/C15H11F3N2O/c16-15(17,18)11-6-2-4-8-13(11)20-9-19-12-7-3-1-5-10(12)14(20)21/h1-8,19H,9H2. The molecule has 1 heterocycles. The zero-order valence-corrected chi connectivity index (χ0v) is 10.8. The minimum Gasteiger partial charge on any atom is -0.367 e. The van der Waals surface area contributed by atoms with Gasteiger partial charge in [0.05, 0.1) is 23.5 Å². The van der Waals surface area contributed by atoms with Crippen molar-refractivity contribution in [3.8, 4) is 0 Å². The molecular weight excluding hydrogens is 281 g/mol. The predicted octanol–water partition coefficient (Wildman–Crippen LogP) is 3.74. The molecule has 1 amide bonds. The van der Waals surface area contributed by atoms with Crippen LogP contribution in [0.5, 0.6) is 0 Å². The Morgan fingerprint density at radius 1 is 1.00 bits per heavy atom. The number of carbonyl (C=O) groups excluding carboxylic acids is 1. The number of hydrogen-bond donors (Lipinski definition) is 1. The summed E-state index contributed by atoms with van der Waals surface area (Å²) in [5, 5.41) is 2.96. The van der Waals surface area contributed by atoms with Crippen LogP contribution in [0, 0.1) is 0 Å². The van der Waals surface area contributed by atoms with E-state index < -0.39 is 17.6 Å². The molecule has 3 nitrogen and oxygen atoms in total. The van der Waals surface area contributed by atoms with E-state index in [2.05, 4.69) is 5.32 Å². The minimum atomic E-state index is -4.51. The van der Waals surface area contributed by atoms with E-state index in [4.69, 9.17) is 0 Å². The van der Waals surface area contributed by atoms with Crippen molar-refractivity contribution in [1.82, 2.24) is 0 Å². The second-order valence-corrected chi connectivity index (χ2v) is 4.63. The smallest absolute Gasteiger partial charge is 0.367 e. The van der Waals surface area contributed by atoms with E-state index in [-0.39, 0.29) is 12.4 Å². The SMILES string of the molecule is O=C1c2ccccc2NCN1c1ccccc1C(F)(F)F. The van der Waals surface area contributed by atoms with Gasteiger partial charge in [-0.15, -0.1) is 0 Å². The average molecular weight is 292 g/mol. The van der Waals surface area contributed by atoms with E-state index in [1.807, 2.05) is 0 Å². The number of halogens is 3. The third-order valence-corrected chi connectivity index (χ3v) is 3.33. The molecule has 0 unspecified atom stereocenters. The lowest BCUT2D eigenvalue weighted by Crippen LogP contribution is -2.41. The second-order valence-electron chi connectivity index (χ2n) is 4.63. The van der Waals surface area contributed by atoms with Crippen molar-refractivity contribution >= 4 is 17.3 Å². The van der Waals surface area contributed by atoms with E-state index in [0.29, 0.717) is 11.3 Å². The number of para-hydroxylation sites is 2. The van der Waals surface area contributed by atoms with Crippen molar-refractivity contribution in [3.63, 3.8) is 0 Å². The molecule has 0 atom stereocenters. The summed E-state index contributed by atoms with van der Waals surface area (Å²) < 4.78 is 39.2. The van der Waals surface area contributed by atoms with E-state index in [0.717, 1.165) is 11.0 Å². The minimum absolute atomic E-state index is 0.00292. The summed E-state index contributed by atoms with van der Waals surface area (Å²) in [6.07, 6.45) is -4.51. The van der Waals surface area contributed by atoms with Crippen LogP contribution in [0.15, 0.2) is 48.5 Å². The van der Waals surface area contributed by atoms with Crippen molar-refractivity contribution < 1.29 is 18.0 Å². The molecule has 0 spiro atoms. The molecule has 0 fully saturated rings. The highest BCUT2D eigenvalue weighted by Crippen LogP contribution is 2.38. The van der Waals surface area contributed by atoms with E-state index in [1.54, 1.807) is 24.3 Å². The van der Waals surface area contributed by atoms with E-state index in [9.17, 15) is 18.0 Å². The van der Waals surface area contributed by atoms with Crippen LogP contribution in [-0.4, -0.2) is 12.6 Å². The Labute approximate surface area is 119 Å². The van der Waals surface area contributed by atoms with Gasteiger partial charge in [0, 0.05) is 5.69 Å². The topological polar surface area (TPSA) is 32.3 Å². The molecule has 0 saturated carbocycles. The zero-order chi connectivity index (χ0) is 15.0. The lowest BCUT2D eigenvalue weighted by Gasteiger charge is -2.31. The van der Waals surface area contributed by atoms with Crippen LogP contribution in [0.4, 0.5) is 24.5 Å². The summed E-state index contributed by atoms with van der Waals surface area (Å²) in [4.78, 5) is 13.5. The van der Waals surface area contributed by atoms with Crippen LogP contribution in [0.25, 0.3) is 0 Å². The molecule has 3 rings (SSSR count). The Balaban J connectivity index is 2.06. The summed E-state index contributed by atoms with van der Waals surface area (Å²) in [5.74, 6) is -0.443. The van der Waals surface area contributed by atoms with Gasteiger partial charge in [-0.25, -0.2) is 0 Å². The molecule has 0 bridgehead atoms. The molecule has 108 valence electrons. The predicted molar refractivity (Wildman–Crippen MR) is 73.2 cm³/mol. The molecular formula is C15H11F3N2O. The number of benzene rings is 2. The number of nitrogens with zero attached hydrogens (tertiary/aromatic N) is 1. The van der Waals surface area contributed by atoms with Crippen LogP contribution < -0.4 is 10.2 Å². The van der Waals surface area contributed by atoms with Gasteiger partial charge in [0.2, 0.25) is 0 Å². The summed E-state index contributed by atoms with van der Waals surface area (Å²) >= 11 is 0. The number of alkyl halides is 3. The molecule has 2 aromatic carbocycles. The monoisotopic (exact) mass is 292 g/mol. The molecule has 0 radical (unpaired) electrons. The van der Waals surface area contributed by atoms with E-state index >= 15 is 0 Å². The molecule has 21 heavy (non-hydrogen) atoms. The Bertz CT molecular complexity index is 697. The lowest BCUT2D eigenvalue weighted by atomic mass is 10.1. The molecule has 6 heteroatoms. The van der Waals surface area contributed by atoms with Gasteiger partial charge in [-0.05, 0) is 24.3 Å². The normalized spacial score (nSPS) is 14.6. The number of carbonyl (C=O) groups is 1. The molecule has 0 aliphatic carbocycles. The number of nitrogens with one attached hydrogen (secondary N) is 1. The number of hydrogen-bond acceptors (Lipinski definition) is 2. The Morgan fingerprint density at radius 3 is 2.43 bits per heavy atom. The second kappa shape index (κ2) is 4.80. The third kappa shape index (κ3) is 2.33. The molecule has 0 aromatic heterocycles. The molecule has 1 N–H and O–H groups in total. The molecule has 2 aromatic rings. The summed E-state index contributed by atoms with van der Waals surface area (Å²) in [5.41, 5.74) is 0.0282. The van der Waals surface area contributed by atoms with Crippen LogP contribution in [-0.2, 0) is 6.18 Å². The van der Waals surface area contributed by atoms with Gasteiger partial charge in [0.25, 0.3) is 5.91 Å². The molecule has 1 aliphatic rings. The Kier molecular flexibility index (Phi) is 3.08.